The Bertz CT molecular complexity index is 269. The lowest BCUT2D eigenvalue weighted by Gasteiger charge is -2.36. The summed E-state index contributed by atoms with van der Waals surface area (Å²) in [7, 11) is 0. The molecule has 0 spiro atoms. The highest BCUT2D eigenvalue weighted by Gasteiger charge is 2.45. The Hall–Kier alpha value is -1.06. The van der Waals surface area contributed by atoms with E-state index in [2.05, 4.69) is 19.2 Å². The second-order valence-electron chi connectivity index (χ2n) is 5.15. The molecule has 0 aromatic heterocycles. The number of carbonyl (C=O) groups is 2. The molecule has 0 atom stereocenters. The van der Waals surface area contributed by atoms with Crippen LogP contribution in [0.2, 0.25) is 0 Å². The Balaban J connectivity index is 2.30. The highest BCUT2D eigenvalue weighted by atomic mass is 16.4. The molecule has 1 aliphatic rings. The number of hydrogen-bond donors (Lipinski definition) is 2. The van der Waals surface area contributed by atoms with Crippen LogP contribution in [0.4, 0.5) is 0 Å². The Labute approximate surface area is 96.4 Å². The van der Waals surface area contributed by atoms with Gasteiger partial charge in [0.1, 0.15) is 0 Å². The maximum absolute atomic E-state index is 11.6. The van der Waals surface area contributed by atoms with Gasteiger partial charge in [-0.05, 0) is 25.2 Å². The summed E-state index contributed by atoms with van der Waals surface area (Å²) in [6, 6.07) is 0. The number of hydrogen-bond acceptors (Lipinski definition) is 2. The van der Waals surface area contributed by atoms with Gasteiger partial charge in [-0.25, -0.2) is 0 Å². The molecular formula is C12H21NO3. The van der Waals surface area contributed by atoms with Gasteiger partial charge in [-0.15, -0.1) is 0 Å². The fraction of sp³-hybridized carbons (Fsp3) is 0.833. The Kier molecular flexibility index (Phi) is 4.33. The number of carbonyl (C=O) groups excluding carboxylic acids is 1. The third-order valence-corrected chi connectivity index (χ3v) is 3.31. The van der Waals surface area contributed by atoms with Crippen molar-refractivity contribution in [1.82, 2.24) is 5.32 Å². The summed E-state index contributed by atoms with van der Waals surface area (Å²) in [5, 5.41) is 11.9. The van der Waals surface area contributed by atoms with Crippen molar-refractivity contribution in [1.29, 1.82) is 0 Å². The smallest absolute Gasteiger partial charge is 0.310 e. The Morgan fingerprint density at radius 1 is 1.38 bits per heavy atom. The topological polar surface area (TPSA) is 66.4 Å². The van der Waals surface area contributed by atoms with Crippen LogP contribution in [-0.2, 0) is 9.59 Å². The van der Waals surface area contributed by atoms with E-state index in [1.807, 2.05) is 0 Å². The lowest BCUT2D eigenvalue weighted by molar-refractivity contribution is -0.157. The van der Waals surface area contributed by atoms with Gasteiger partial charge in [-0.3, -0.25) is 9.59 Å². The molecule has 0 aromatic carbocycles. The number of carboxylic acids is 1. The predicted molar refractivity (Wildman–Crippen MR) is 61.0 cm³/mol. The van der Waals surface area contributed by atoms with Crippen molar-refractivity contribution in [2.75, 3.05) is 6.54 Å². The molecule has 0 bridgehead atoms. The fourth-order valence-electron chi connectivity index (χ4n) is 1.94. The van der Waals surface area contributed by atoms with E-state index in [9.17, 15) is 9.59 Å². The first-order chi connectivity index (χ1) is 7.46. The maximum Gasteiger partial charge on any atom is 0.310 e. The Morgan fingerprint density at radius 3 is 2.38 bits per heavy atom. The average molecular weight is 227 g/mol. The van der Waals surface area contributed by atoms with Crippen LogP contribution >= 0.6 is 0 Å². The number of nitrogens with one attached hydrogen (secondary N) is 1. The molecule has 92 valence electrons. The molecule has 0 aromatic rings. The molecular weight excluding hydrogens is 206 g/mol. The van der Waals surface area contributed by atoms with Crippen molar-refractivity contribution in [2.45, 2.75) is 46.0 Å². The van der Waals surface area contributed by atoms with E-state index in [0.29, 0.717) is 25.3 Å². The fourth-order valence-corrected chi connectivity index (χ4v) is 1.94. The average Bonchev–Trinajstić information content (AvgIpc) is 2.10. The lowest BCUT2D eigenvalue weighted by atomic mass is 9.66. The SMILES string of the molecule is CC(C)CCNC(=O)CC1(C(=O)O)CCC1. The molecule has 0 radical (unpaired) electrons. The summed E-state index contributed by atoms with van der Waals surface area (Å²) in [6.07, 6.45) is 3.28. The van der Waals surface area contributed by atoms with Crippen molar-refractivity contribution in [3.63, 3.8) is 0 Å². The summed E-state index contributed by atoms with van der Waals surface area (Å²) in [4.78, 5) is 22.6. The van der Waals surface area contributed by atoms with E-state index in [1.54, 1.807) is 0 Å². The van der Waals surface area contributed by atoms with Gasteiger partial charge in [0.25, 0.3) is 0 Å². The maximum atomic E-state index is 11.6. The number of amides is 1. The lowest BCUT2D eigenvalue weighted by Crippen LogP contribution is -2.42. The first-order valence-electron chi connectivity index (χ1n) is 5.96. The van der Waals surface area contributed by atoms with Crippen LogP contribution < -0.4 is 5.32 Å². The molecule has 1 amide bonds. The summed E-state index contributed by atoms with van der Waals surface area (Å²) >= 11 is 0. The third kappa shape index (κ3) is 3.22. The van der Waals surface area contributed by atoms with E-state index >= 15 is 0 Å². The molecule has 2 N–H and O–H groups in total. The first kappa shape index (κ1) is 13.0. The van der Waals surface area contributed by atoms with Gasteiger partial charge in [0.15, 0.2) is 0 Å². The van der Waals surface area contributed by atoms with Gasteiger partial charge < -0.3 is 10.4 Å². The molecule has 0 saturated heterocycles. The number of rotatable bonds is 6. The van der Waals surface area contributed by atoms with Crippen LogP contribution in [0.5, 0.6) is 0 Å². The molecule has 1 saturated carbocycles. The molecule has 4 nitrogen and oxygen atoms in total. The van der Waals surface area contributed by atoms with Gasteiger partial charge in [-0.1, -0.05) is 20.3 Å². The molecule has 0 heterocycles. The molecule has 4 heteroatoms. The van der Waals surface area contributed by atoms with E-state index in [4.69, 9.17) is 5.11 Å². The van der Waals surface area contributed by atoms with Gasteiger partial charge in [0, 0.05) is 13.0 Å². The van der Waals surface area contributed by atoms with E-state index < -0.39 is 11.4 Å². The van der Waals surface area contributed by atoms with Gasteiger partial charge in [-0.2, -0.15) is 0 Å². The van der Waals surface area contributed by atoms with Crippen LogP contribution in [-0.4, -0.2) is 23.5 Å². The highest BCUT2D eigenvalue weighted by Crippen LogP contribution is 2.44. The molecule has 1 rings (SSSR count). The van der Waals surface area contributed by atoms with E-state index in [-0.39, 0.29) is 12.3 Å². The van der Waals surface area contributed by atoms with Crippen LogP contribution in [0, 0.1) is 11.3 Å². The summed E-state index contributed by atoms with van der Waals surface area (Å²) in [5.41, 5.74) is -0.762. The predicted octanol–water partition coefficient (Wildman–Crippen LogP) is 1.79. The number of aliphatic carboxylic acids is 1. The zero-order valence-electron chi connectivity index (χ0n) is 10.1. The highest BCUT2D eigenvalue weighted by molar-refractivity contribution is 5.85. The second-order valence-corrected chi connectivity index (χ2v) is 5.15. The van der Waals surface area contributed by atoms with Gasteiger partial charge >= 0.3 is 5.97 Å². The molecule has 1 aliphatic carbocycles. The van der Waals surface area contributed by atoms with Crippen LogP contribution in [0.1, 0.15) is 46.0 Å². The summed E-state index contributed by atoms with van der Waals surface area (Å²) < 4.78 is 0. The zero-order chi connectivity index (χ0) is 12.2. The van der Waals surface area contributed by atoms with Crippen molar-refractivity contribution < 1.29 is 14.7 Å². The van der Waals surface area contributed by atoms with Crippen molar-refractivity contribution >= 4 is 11.9 Å². The zero-order valence-corrected chi connectivity index (χ0v) is 10.1. The summed E-state index contributed by atoms with van der Waals surface area (Å²) in [6.45, 7) is 4.83. The van der Waals surface area contributed by atoms with Crippen molar-refractivity contribution in [3.05, 3.63) is 0 Å². The molecule has 1 fully saturated rings. The standard InChI is InChI=1S/C12H21NO3/c1-9(2)4-7-13-10(14)8-12(11(15)16)5-3-6-12/h9H,3-8H2,1-2H3,(H,13,14)(H,15,16). The minimum atomic E-state index is -0.822. The normalized spacial score (nSPS) is 17.9. The minimum absolute atomic E-state index is 0.122. The van der Waals surface area contributed by atoms with Crippen LogP contribution in [0.25, 0.3) is 0 Å². The minimum Gasteiger partial charge on any atom is -0.481 e. The van der Waals surface area contributed by atoms with Crippen molar-refractivity contribution in [3.8, 4) is 0 Å². The summed E-state index contributed by atoms with van der Waals surface area (Å²) in [5.74, 6) is -0.391. The first-order valence-corrected chi connectivity index (χ1v) is 5.96. The third-order valence-electron chi connectivity index (χ3n) is 3.31. The molecule has 0 unspecified atom stereocenters. The van der Waals surface area contributed by atoms with E-state index in [1.165, 1.54) is 0 Å². The largest absolute Gasteiger partial charge is 0.481 e. The van der Waals surface area contributed by atoms with Crippen LogP contribution in [0.3, 0.4) is 0 Å². The van der Waals surface area contributed by atoms with Crippen LogP contribution in [0.15, 0.2) is 0 Å². The second kappa shape index (κ2) is 5.32. The Morgan fingerprint density at radius 2 is 2.00 bits per heavy atom. The van der Waals surface area contributed by atoms with Crippen molar-refractivity contribution in [2.24, 2.45) is 11.3 Å². The molecule has 16 heavy (non-hydrogen) atoms. The quantitative estimate of drug-likeness (QED) is 0.727. The monoisotopic (exact) mass is 227 g/mol. The molecule has 0 aliphatic heterocycles. The van der Waals surface area contributed by atoms with E-state index in [0.717, 1.165) is 12.8 Å². The number of carboxylic acid groups (broad SMARTS) is 1. The van der Waals surface area contributed by atoms with Gasteiger partial charge in [0.05, 0.1) is 5.41 Å². The van der Waals surface area contributed by atoms with Gasteiger partial charge in [0.2, 0.25) is 5.91 Å².